The Morgan fingerprint density at radius 2 is 1.12 bits per heavy atom. The van der Waals surface area contributed by atoms with Crippen LogP contribution in [0.3, 0.4) is 0 Å². The number of aryl methyl sites for hydroxylation is 1. The number of hydrogen-bond donors (Lipinski definition) is 0. The topological polar surface area (TPSA) is 32.8 Å². The molecule has 0 fully saturated rings. The summed E-state index contributed by atoms with van der Waals surface area (Å²) in [4.78, 5) is 5.25. The molecule has 6 aromatic carbocycles. The molecule has 2 aromatic heterocycles. The van der Waals surface area contributed by atoms with Crippen LogP contribution >= 0.6 is 0 Å². The number of furan rings is 2. The molecule has 0 radical (unpaired) electrons. The molecular weight excluding hydrogens is 816 g/mol. The van der Waals surface area contributed by atoms with E-state index in [1.165, 1.54) is 96.5 Å². The zero-order chi connectivity index (χ0) is 46.5. The van der Waals surface area contributed by atoms with Crippen molar-refractivity contribution in [3.05, 3.63) is 136 Å². The van der Waals surface area contributed by atoms with E-state index in [-0.39, 0.29) is 33.8 Å². The molecule has 338 valence electrons. The largest absolute Gasteiger partial charge is 0.468 e. The van der Waals surface area contributed by atoms with Crippen LogP contribution in [0.25, 0.3) is 32.9 Å². The molecule has 8 aromatic rings. The lowest BCUT2D eigenvalue weighted by Crippen LogP contribution is -2.61. The highest BCUT2D eigenvalue weighted by Gasteiger charge is 2.50. The summed E-state index contributed by atoms with van der Waals surface area (Å²) in [5.41, 5.74) is 24.0. The maximum atomic E-state index is 7.69. The van der Waals surface area contributed by atoms with Gasteiger partial charge in [0, 0.05) is 33.5 Å². The van der Waals surface area contributed by atoms with E-state index in [9.17, 15) is 0 Å². The lowest BCUT2D eigenvalue weighted by Gasteiger charge is -2.46. The SMILES string of the molecule is Cc1cc2c3c(c1)N(c1cccc4oc5ccccc5c14)c1cc4c(cc1B3c1oc3cc5c(cc3c1N2c1ccc2c(c1)C(C)CCC2(C)C)C(C)(C)CCC5(C)C)C(C)(C)CCC4(C)C. The summed E-state index contributed by atoms with van der Waals surface area (Å²) < 4.78 is 14.3. The number of fused-ring (bicyclic) bond motifs is 12. The average molecular weight is 881 g/mol. The van der Waals surface area contributed by atoms with Gasteiger partial charge in [0.2, 0.25) is 0 Å². The van der Waals surface area contributed by atoms with E-state index in [4.69, 9.17) is 8.83 Å². The van der Waals surface area contributed by atoms with Crippen LogP contribution in [0.4, 0.5) is 34.1 Å². The number of para-hydroxylation sites is 1. The second kappa shape index (κ2) is 13.3. The zero-order valence-electron chi connectivity index (χ0n) is 41.8. The summed E-state index contributed by atoms with van der Waals surface area (Å²) >= 11 is 0. The predicted molar refractivity (Wildman–Crippen MR) is 283 cm³/mol. The van der Waals surface area contributed by atoms with Crippen molar-refractivity contribution in [2.24, 2.45) is 0 Å². The lowest BCUT2D eigenvalue weighted by molar-refractivity contribution is 0.332. The van der Waals surface area contributed by atoms with Gasteiger partial charge in [-0.25, -0.2) is 0 Å². The Morgan fingerprint density at radius 3 is 1.84 bits per heavy atom. The summed E-state index contributed by atoms with van der Waals surface area (Å²) in [7, 11) is 0. The highest BCUT2D eigenvalue weighted by Crippen LogP contribution is 2.55. The minimum atomic E-state index is -0.129. The van der Waals surface area contributed by atoms with Crippen molar-refractivity contribution in [2.45, 2.75) is 155 Å². The first-order valence-corrected chi connectivity index (χ1v) is 25.3. The molecule has 67 heavy (non-hydrogen) atoms. The maximum Gasteiger partial charge on any atom is 0.297 e. The Labute approximate surface area is 397 Å². The number of nitrogens with zero attached hydrogens (tertiary/aromatic N) is 2. The molecular formula is C62H65BN2O2. The molecule has 1 unspecified atom stereocenters. The van der Waals surface area contributed by atoms with Gasteiger partial charge in [-0.15, -0.1) is 0 Å². The molecule has 13 rings (SSSR count). The third-order valence-electron chi connectivity index (χ3n) is 18.1. The van der Waals surface area contributed by atoms with Gasteiger partial charge in [-0.05, 0) is 189 Å². The van der Waals surface area contributed by atoms with E-state index in [1.807, 2.05) is 0 Å². The smallest absolute Gasteiger partial charge is 0.297 e. The molecule has 0 N–H and O–H groups in total. The van der Waals surface area contributed by atoms with Gasteiger partial charge in [0.25, 0.3) is 6.71 Å². The zero-order valence-corrected chi connectivity index (χ0v) is 41.8. The fourth-order valence-corrected chi connectivity index (χ4v) is 13.8. The lowest BCUT2D eigenvalue weighted by atomic mass is 9.35. The van der Waals surface area contributed by atoms with Gasteiger partial charge in [0.15, 0.2) is 0 Å². The van der Waals surface area contributed by atoms with E-state index >= 15 is 0 Å². The van der Waals surface area contributed by atoms with E-state index in [0.717, 1.165) is 64.6 Å². The first-order valence-electron chi connectivity index (χ1n) is 25.3. The summed E-state index contributed by atoms with van der Waals surface area (Å²) in [5, 5.41) is 3.51. The Bertz CT molecular complexity index is 3460. The first kappa shape index (κ1) is 41.5. The fourth-order valence-electron chi connectivity index (χ4n) is 13.8. The molecule has 0 amide bonds. The van der Waals surface area contributed by atoms with Gasteiger partial charge in [-0.1, -0.05) is 113 Å². The molecule has 2 aliphatic heterocycles. The van der Waals surface area contributed by atoms with Crippen molar-refractivity contribution in [1.29, 1.82) is 0 Å². The number of anilines is 6. The summed E-state index contributed by atoms with van der Waals surface area (Å²) in [6.07, 6.45) is 7.01. The van der Waals surface area contributed by atoms with Crippen LogP contribution in [-0.4, -0.2) is 6.71 Å². The molecule has 4 nitrogen and oxygen atoms in total. The van der Waals surface area contributed by atoms with E-state index in [0.29, 0.717) is 5.92 Å². The first-order chi connectivity index (χ1) is 31.7. The molecule has 0 bridgehead atoms. The van der Waals surface area contributed by atoms with Gasteiger partial charge < -0.3 is 18.6 Å². The Hall–Kier alpha value is -5.68. The highest BCUT2D eigenvalue weighted by atomic mass is 16.3. The van der Waals surface area contributed by atoms with Crippen molar-refractivity contribution in [3.63, 3.8) is 0 Å². The predicted octanol–water partition coefficient (Wildman–Crippen LogP) is 15.6. The van der Waals surface area contributed by atoms with Crippen LogP contribution in [0.2, 0.25) is 0 Å². The quantitative estimate of drug-likeness (QED) is 0.162. The molecule has 0 spiro atoms. The normalized spacial score (nSPS) is 21.1. The number of hydrogen-bond acceptors (Lipinski definition) is 4. The van der Waals surface area contributed by atoms with E-state index in [1.54, 1.807) is 0 Å². The highest BCUT2D eigenvalue weighted by molar-refractivity contribution is 7.00. The van der Waals surface area contributed by atoms with Gasteiger partial charge >= 0.3 is 0 Å². The monoisotopic (exact) mass is 881 g/mol. The van der Waals surface area contributed by atoms with Crippen LogP contribution in [0, 0.1) is 6.92 Å². The molecule has 0 saturated carbocycles. The van der Waals surface area contributed by atoms with Gasteiger partial charge in [0.1, 0.15) is 16.7 Å². The van der Waals surface area contributed by atoms with Crippen LogP contribution in [0.1, 0.15) is 160 Å². The number of benzene rings is 6. The minimum absolute atomic E-state index is 0.0165. The standard InChI is InChI=1S/C62H65BN2O2/c1-35-28-49-55-50(29-35)65(47-17-15-19-52-54(47)38-16-13-14-18-51(38)66-52)48-33-44-43(60(7,8)25-26-61(44,9)10)32-46(48)63(55)57-56(64(49)37-20-21-41-39(30-37)36(2)22-23-58(41,3)4)40-31-42-45(34-53(40)67-57)62(11,12)27-24-59(42,5)6/h13-21,28-34,36H,22-27H2,1-12H3. The molecule has 5 heteroatoms. The van der Waals surface area contributed by atoms with Crippen molar-refractivity contribution in [1.82, 2.24) is 0 Å². The second-order valence-electron chi connectivity index (χ2n) is 24.9. The fraction of sp³-hybridized carbons (Fsp3) is 0.387. The molecule has 1 atom stereocenters. The van der Waals surface area contributed by atoms with Crippen molar-refractivity contribution in [2.75, 3.05) is 9.80 Å². The number of rotatable bonds is 2. The molecule has 5 aliphatic rings. The summed E-state index contributed by atoms with van der Waals surface area (Å²) in [6.45, 7) is 29.1. The molecule has 4 heterocycles. The maximum absolute atomic E-state index is 7.69. The van der Waals surface area contributed by atoms with Crippen LogP contribution < -0.4 is 26.4 Å². The minimum Gasteiger partial charge on any atom is -0.468 e. The van der Waals surface area contributed by atoms with Crippen LogP contribution in [0.15, 0.2) is 106 Å². The summed E-state index contributed by atoms with van der Waals surface area (Å²) in [5.74, 6) is 0.481. The molecule has 0 saturated heterocycles. The van der Waals surface area contributed by atoms with Gasteiger partial charge in [-0.3, -0.25) is 0 Å². The summed E-state index contributed by atoms with van der Waals surface area (Å²) in [6, 6.07) is 37.8. The van der Waals surface area contributed by atoms with Crippen molar-refractivity contribution < 1.29 is 8.83 Å². The van der Waals surface area contributed by atoms with Gasteiger partial charge in [-0.2, -0.15) is 0 Å². The van der Waals surface area contributed by atoms with Crippen molar-refractivity contribution in [3.8, 4) is 0 Å². The Balaban J connectivity index is 1.18. The van der Waals surface area contributed by atoms with E-state index in [2.05, 4.69) is 190 Å². The molecule has 3 aliphatic carbocycles. The Kier molecular flexibility index (Phi) is 8.24. The van der Waals surface area contributed by atoms with E-state index < -0.39 is 0 Å². The third kappa shape index (κ3) is 5.67. The second-order valence-corrected chi connectivity index (χ2v) is 24.9. The van der Waals surface area contributed by atoms with Crippen LogP contribution in [0.5, 0.6) is 0 Å². The Morgan fingerprint density at radius 1 is 0.507 bits per heavy atom. The average Bonchev–Trinajstić information content (AvgIpc) is 3.86. The van der Waals surface area contributed by atoms with Crippen LogP contribution in [-0.2, 0) is 27.1 Å². The van der Waals surface area contributed by atoms with Gasteiger partial charge in [0.05, 0.1) is 22.4 Å². The third-order valence-corrected chi connectivity index (χ3v) is 18.1. The van der Waals surface area contributed by atoms with Crippen molar-refractivity contribution >= 4 is 90.3 Å².